The zero-order chi connectivity index (χ0) is 21.4. The fourth-order valence-electron chi connectivity index (χ4n) is 3.56. The highest BCUT2D eigenvalue weighted by Crippen LogP contribution is 2.37. The Bertz CT molecular complexity index is 911. The van der Waals surface area contributed by atoms with Gasteiger partial charge >= 0.3 is 0 Å². The highest BCUT2D eigenvalue weighted by Gasteiger charge is 2.44. The molecule has 1 saturated heterocycles. The number of hydrogen-bond donors (Lipinski definition) is 5. The second-order valence-corrected chi connectivity index (χ2v) is 7.30. The Morgan fingerprint density at radius 3 is 2.43 bits per heavy atom. The molecule has 2 heterocycles. The highest BCUT2D eigenvalue weighted by atomic mass is 16.7. The Hall–Kier alpha value is -2.69. The van der Waals surface area contributed by atoms with E-state index in [1.165, 1.54) is 18.2 Å². The number of carbonyl (C=O) groups is 1. The normalized spacial score (nSPS) is 31.0. The first kappa shape index (κ1) is 20.6. The van der Waals surface area contributed by atoms with E-state index in [2.05, 4.69) is 0 Å². The van der Waals surface area contributed by atoms with Crippen molar-refractivity contribution in [1.29, 1.82) is 0 Å². The number of carbonyl (C=O) groups excluding carboxylic acids is 1. The van der Waals surface area contributed by atoms with E-state index in [-0.39, 0.29) is 18.0 Å². The van der Waals surface area contributed by atoms with E-state index in [1.54, 1.807) is 24.3 Å². The number of rotatable bonds is 4. The molecule has 160 valence electrons. The van der Waals surface area contributed by atoms with Crippen molar-refractivity contribution in [2.75, 3.05) is 6.61 Å². The van der Waals surface area contributed by atoms with Gasteiger partial charge in [0.1, 0.15) is 47.8 Å². The maximum absolute atomic E-state index is 12.4. The highest BCUT2D eigenvalue weighted by molar-refractivity contribution is 6.00. The van der Waals surface area contributed by atoms with Gasteiger partial charge in [-0.3, -0.25) is 4.79 Å². The summed E-state index contributed by atoms with van der Waals surface area (Å²) in [5, 5.41) is 48.6. The summed E-state index contributed by atoms with van der Waals surface area (Å²) in [5.74, 6) is 0.537. The Balaban J connectivity index is 1.46. The van der Waals surface area contributed by atoms with Gasteiger partial charge in [-0.2, -0.15) is 0 Å². The van der Waals surface area contributed by atoms with Gasteiger partial charge in [-0.1, -0.05) is 12.1 Å². The molecular formula is C21H22O9. The molecule has 0 spiro atoms. The number of phenols is 1. The average Bonchev–Trinajstić information content (AvgIpc) is 2.74. The lowest BCUT2D eigenvalue weighted by Gasteiger charge is -2.39. The molecule has 0 aliphatic carbocycles. The zero-order valence-electron chi connectivity index (χ0n) is 15.8. The molecule has 0 amide bonds. The fraction of sp³-hybridized carbons (Fsp3) is 0.381. The van der Waals surface area contributed by atoms with Crippen LogP contribution in [0.4, 0.5) is 0 Å². The van der Waals surface area contributed by atoms with Crippen LogP contribution in [0.3, 0.4) is 0 Å². The van der Waals surface area contributed by atoms with Gasteiger partial charge in [0, 0.05) is 6.07 Å². The smallest absolute Gasteiger partial charge is 0.229 e. The minimum Gasteiger partial charge on any atom is -0.508 e. The maximum atomic E-state index is 12.4. The third-order valence-corrected chi connectivity index (χ3v) is 5.26. The molecule has 0 radical (unpaired) electrons. The molecule has 9 heteroatoms. The number of phenolic OH excluding ortho intramolecular Hbond substituents is 1. The summed E-state index contributed by atoms with van der Waals surface area (Å²) in [7, 11) is 0. The molecule has 4 rings (SSSR count). The lowest BCUT2D eigenvalue weighted by atomic mass is 9.96. The number of aromatic hydroxyl groups is 1. The number of fused-ring (bicyclic) bond motifs is 1. The van der Waals surface area contributed by atoms with Crippen LogP contribution < -0.4 is 9.47 Å². The molecule has 2 aromatic carbocycles. The van der Waals surface area contributed by atoms with Crippen LogP contribution in [0.5, 0.6) is 17.2 Å². The number of hydrogen-bond acceptors (Lipinski definition) is 9. The molecule has 0 aromatic heterocycles. The molecule has 30 heavy (non-hydrogen) atoms. The summed E-state index contributed by atoms with van der Waals surface area (Å²) in [5.41, 5.74) is 1.13. The SMILES string of the molecule is O=C1C[C@@H](c2ccc(O[C@H]3O[C@@H](CO)[C@@H](O)[C@@H](O)[C@H]3O)cc2)Oc2cc(O)ccc21. The molecular weight excluding hydrogens is 396 g/mol. The van der Waals surface area contributed by atoms with Crippen molar-refractivity contribution in [3.8, 4) is 17.2 Å². The van der Waals surface area contributed by atoms with Crippen LogP contribution in [-0.4, -0.2) is 68.6 Å². The van der Waals surface area contributed by atoms with Crippen molar-refractivity contribution < 1.29 is 44.5 Å². The quantitative estimate of drug-likeness (QED) is 0.472. The maximum Gasteiger partial charge on any atom is 0.229 e. The number of benzene rings is 2. The van der Waals surface area contributed by atoms with Gasteiger partial charge in [-0.05, 0) is 29.8 Å². The molecule has 0 bridgehead atoms. The van der Waals surface area contributed by atoms with E-state index < -0.39 is 43.4 Å². The van der Waals surface area contributed by atoms with E-state index in [9.17, 15) is 30.3 Å². The summed E-state index contributed by atoms with van der Waals surface area (Å²) >= 11 is 0. The van der Waals surface area contributed by atoms with E-state index in [0.717, 1.165) is 0 Å². The number of aliphatic hydroxyl groups excluding tert-OH is 4. The standard InChI is InChI=1S/C21H22O9/c22-9-17-18(25)19(26)20(27)21(30-17)28-12-4-1-10(2-5-12)15-8-14(24)13-6-3-11(23)7-16(13)29-15/h1-7,15,17-23,25-27H,8-9H2/t15-,17-,18+,19+,20+,21-/m0/s1. The fourth-order valence-corrected chi connectivity index (χ4v) is 3.56. The van der Waals surface area contributed by atoms with Crippen LogP contribution in [0.15, 0.2) is 42.5 Å². The first-order valence-electron chi connectivity index (χ1n) is 9.47. The Kier molecular flexibility index (Phi) is 5.63. The second kappa shape index (κ2) is 8.21. The largest absolute Gasteiger partial charge is 0.508 e. The van der Waals surface area contributed by atoms with Gasteiger partial charge in [0.15, 0.2) is 5.78 Å². The van der Waals surface area contributed by atoms with E-state index in [1.807, 2.05) is 0 Å². The van der Waals surface area contributed by atoms with Gasteiger partial charge in [0.25, 0.3) is 0 Å². The van der Waals surface area contributed by atoms with Gasteiger partial charge in [-0.15, -0.1) is 0 Å². The van der Waals surface area contributed by atoms with Gasteiger partial charge in [0.05, 0.1) is 18.6 Å². The van der Waals surface area contributed by atoms with Crippen LogP contribution in [0.2, 0.25) is 0 Å². The second-order valence-electron chi connectivity index (χ2n) is 7.30. The molecule has 2 aliphatic heterocycles. The van der Waals surface area contributed by atoms with Gasteiger partial charge < -0.3 is 39.7 Å². The molecule has 1 fully saturated rings. The molecule has 0 unspecified atom stereocenters. The van der Waals surface area contributed by atoms with Crippen molar-refractivity contribution >= 4 is 5.78 Å². The number of Topliss-reactive ketones (excluding diaryl/α,β-unsaturated/α-hetero) is 1. The molecule has 6 atom stereocenters. The summed E-state index contributed by atoms with van der Waals surface area (Å²) in [6.45, 7) is -0.548. The van der Waals surface area contributed by atoms with E-state index >= 15 is 0 Å². The van der Waals surface area contributed by atoms with Crippen LogP contribution in [-0.2, 0) is 4.74 Å². The molecule has 9 nitrogen and oxygen atoms in total. The predicted octanol–water partition coefficient (Wildman–Crippen LogP) is 0.277. The van der Waals surface area contributed by atoms with E-state index in [4.69, 9.17) is 14.2 Å². The van der Waals surface area contributed by atoms with Crippen molar-refractivity contribution in [3.05, 3.63) is 53.6 Å². The Morgan fingerprint density at radius 2 is 1.73 bits per heavy atom. The number of ether oxygens (including phenoxy) is 3. The molecule has 2 aliphatic rings. The zero-order valence-corrected chi connectivity index (χ0v) is 15.8. The molecule has 5 N–H and O–H groups in total. The Morgan fingerprint density at radius 1 is 1.00 bits per heavy atom. The number of aliphatic hydroxyl groups is 4. The van der Waals surface area contributed by atoms with Crippen LogP contribution in [0.25, 0.3) is 0 Å². The van der Waals surface area contributed by atoms with Crippen molar-refractivity contribution in [3.63, 3.8) is 0 Å². The first-order valence-corrected chi connectivity index (χ1v) is 9.47. The Labute approximate surface area is 171 Å². The first-order chi connectivity index (χ1) is 14.4. The third-order valence-electron chi connectivity index (χ3n) is 5.26. The van der Waals surface area contributed by atoms with Crippen molar-refractivity contribution in [1.82, 2.24) is 0 Å². The lowest BCUT2D eigenvalue weighted by Crippen LogP contribution is -2.60. The van der Waals surface area contributed by atoms with Gasteiger partial charge in [-0.25, -0.2) is 0 Å². The monoisotopic (exact) mass is 418 g/mol. The minimum atomic E-state index is -1.53. The summed E-state index contributed by atoms with van der Waals surface area (Å²) < 4.78 is 16.7. The molecule has 0 saturated carbocycles. The number of ketones is 1. The minimum absolute atomic E-state index is 0.00507. The predicted molar refractivity (Wildman–Crippen MR) is 101 cm³/mol. The topological polar surface area (TPSA) is 146 Å². The van der Waals surface area contributed by atoms with Crippen LogP contribution in [0.1, 0.15) is 28.4 Å². The van der Waals surface area contributed by atoms with E-state index in [0.29, 0.717) is 22.6 Å². The molecule has 2 aromatic rings. The lowest BCUT2D eigenvalue weighted by molar-refractivity contribution is -0.277. The average molecular weight is 418 g/mol. The summed E-state index contributed by atoms with van der Waals surface area (Å²) in [6, 6.07) is 10.9. The van der Waals surface area contributed by atoms with Crippen molar-refractivity contribution in [2.24, 2.45) is 0 Å². The third kappa shape index (κ3) is 3.85. The van der Waals surface area contributed by atoms with Crippen LogP contribution in [0, 0.1) is 0 Å². The summed E-state index contributed by atoms with van der Waals surface area (Å²) in [4.78, 5) is 12.4. The summed E-state index contributed by atoms with van der Waals surface area (Å²) in [6.07, 6.45) is -7.24. The van der Waals surface area contributed by atoms with Crippen LogP contribution >= 0.6 is 0 Å². The van der Waals surface area contributed by atoms with Gasteiger partial charge in [0.2, 0.25) is 6.29 Å². The van der Waals surface area contributed by atoms with Crippen molar-refractivity contribution in [2.45, 2.75) is 43.2 Å².